The molecule has 6 nitrogen and oxygen atoms in total. The number of aromatic nitrogens is 1. The van der Waals surface area contributed by atoms with Gasteiger partial charge < -0.3 is 15.6 Å². The quantitative estimate of drug-likeness (QED) is 0.876. The zero-order valence-electron chi connectivity index (χ0n) is 12.7. The minimum atomic E-state index is -1.14. The van der Waals surface area contributed by atoms with Crippen molar-refractivity contribution in [3.63, 3.8) is 0 Å². The third-order valence-corrected chi connectivity index (χ3v) is 3.98. The van der Waals surface area contributed by atoms with Crippen LogP contribution in [-0.4, -0.2) is 39.6 Å². The molecule has 120 valence electrons. The van der Waals surface area contributed by atoms with E-state index in [1.807, 2.05) is 47.4 Å². The Morgan fingerprint density at radius 1 is 1.30 bits per heavy atom. The Labute approximate surface area is 134 Å². The summed E-state index contributed by atoms with van der Waals surface area (Å²) in [6.07, 6.45) is 2.21. The molecular formula is C17H19N3O3. The molecular weight excluding hydrogens is 294 g/mol. The molecule has 6 heteroatoms. The van der Waals surface area contributed by atoms with Gasteiger partial charge in [0.1, 0.15) is 11.3 Å². The monoisotopic (exact) mass is 313 g/mol. The lowest BCUT2D eigenvalue weighted by Crippen LogP contribution is -2.50. The van der Waals surface area contributed by atoms with Crippen molar-refractivity contribution < 1.29 is 14.6 Å². The Hall–Kier alpha value is -2.44. The Bertz CT molecular complexity index is 675. The lowest BCUT2D eigenvalue weighted by atomic mass is 10.0. The van der Waals surface area contributed by atoms with Crippen molar-refractivity contribution in [1.29, 1.82) is 0 Å². The SMILES string of the molecule is NC1(C(=O)O)CCN(Cc2ccc(Oc3ccccc3)nc2)C1. The van der Waals surface area contributed by atoms with Gasteiger partial charge in [0.25, 0.3) is 0 Å². The number of nitrogens with zero attached hydrogens (tertiary/aromatic N) is 2. The number of carboxylic acids is 1. The predicted molar refractivity (Wildman–Crippen MR) is 85.2 cm³/mol. The minimum absolute atomic E-state index is 0.352. The fourth-order valence-electron chi connectivity index (χ4n) is 2.66. The van der Waals surface area contributed by atoms with Gasteiger partial charge in [-0.15, -0.1) is 0 Å². The molecule has 1 atom stereocenters. The highest BCUT2D eigenvalue weighted by Gasteiger charge is 2.41. The fourth-order valence-corrected chi connectivity index (χ4v) is 2.66. The zero-order chi connectivity index (χ0) is 16.3. The number of aliphatic carboxylic acids is 1. The Morgan fingerprint density at radius 2 is 2.09 bits per heavy atom. The van der Waals surface area contributed by atoms with Gasteiger partial charge in [0.2, 0.25) is 5.88 Å². The van der Waals surface area contributed by atoms with E-state index in [0.717, 1.165) is 11.3 Å². The van der Waals surface area contributed by atoms with Gasteiger partial charge in [-0.1, -0.05) is 24.3 Å². The van der Waals surface area contributed by atoms with E-state index in [4.69, 9.17) is 15.6 Å². The highest BCUT2D eigenvalue weighted by Crippen LogP contribution is 2.22. The van der Waals surface area contributed by atoms with Crippen LogP contribution in [0, 0.1) is 0 Å². The summed E-state index contributed by atoms with van der Waals surface area (Å²) in [6.45, 7) is 1.65. The second kappa shape index (κ2) is 6.36. The predicted octanol–water partition coefficient (Wildman–Crippen LogP) is 1.86. The number of carboxylic acid groups (broad SMARTS) is 1. The molecule has 0 amide bonds. The van der Waals surface area contributed by atoms with Crippen LogP contribution in [0.1, 0.15) is 12.0 Å². The number of ether oxygens (including phenoxy) is 1. The van der Waals surface area contributed by atoms with Gasteiger partial charge in [-0.3, -0.25) is 9.69 Å². The topological polar surface area (TPSA) is 88.7 Å². The molecule has 2 aromatic rings. The highest BCUT2D eigenvalue weighted by molar-refractivity contribution is 5.79. The number of para-hydroxylation sites is 1. The molecule has 23 heavy (non-hydrogen) atoms. The van der Waals surface area contributed by atoms with Crippen molar-refractivity contribution in [2.45, 2.75) is 18.5 Å². The van der Waals surface area contributed by atoms with Gasteiger partial charge in [-0.25, -0.2) is 4.98 Å². The molecule has 1 saturated heterocycles. The summed E-state index contributed by atoms with van der Waals surface area (Å²) >= 11 is 0. The van der Waals surface area contributed by atoms with Crippen molar-refractivity contribution in [3.8, 4) is 11.6 Å². The van der Waals surface area contributed by atoms with Crippen LogP contribution < -0.4 is 10.5 Å². The van der Waals surface area contributed by atoms with Crippen molar-refractivity contribution >= 4 is 5.97 Å². The van der Waals surface area contributed by atoms with Crippen molar-refractivity contribution in [3.05, 3.63) is 54.2 Å². The summed E-state index contributed by atoms with van der Waals surface area (Å²) in [7, 11) is 0. The van der Waals surface area contributed by atoms with Crippen LogP contribution in [0.2, 0.25) is 0 Å². The zero-order valence-corrected chi connectivity index (χ0v) is 12.7. The van der Waals surface area contributed by atoms with E-state index in [2.05, 4.69) is 4.98 Å². The van der Waals surface area contributed by atoms with Crippen LogP contribution in [0.5, 0.6) is 11.6 Å². The number of rotatable bonds is 5. The normalized spacial score (nSPS) is 21.3. The second-order valence-corrected chi connectivity index (χ2v) is 5.84. The number of carbonyl (C=O) groups is 1. The molecule has 0 spiro atoms. The van der Waals surface area contributed by atoms with Crippen LogP contribution in [0.15, 0.2) is 48.7 Å². The third kappa shape index (κ3) is 3.67. The first-order chi connectivity index (χ1) is 11.0. The first-order valence-electron chi connectivity index (χ1n) is 7.48. The third-order valence-electron chi connectivity index (χ3n) is 3.98. The summed E-state index contributed by atoms with van der Waals surface area (Å²) in [5, 5.41) is 9.15. The summed E-state index contributed by atoms with van der Waals surface area (Å²) in [6, 6.07) is 13.2. The molecule has 0 radical (unpaired) electrons. The van der Waals surface area contributed by atoms with Crippen molar-refractivity contribution in [2.24, 2.45) is 5.73 Å². The molecule has 0 aliphatic carbocycles. The molecule has 3 rings (SSSR count). The molecule has 2 heterocycles. The lowest BCUT2D eigenvalue weighted by Gasteiger charge is -2.20. The van der Waals surface area contributed by atoms with Crippen LogP contribution in [0.4, 0.5) is 0 Å². The Kier molecular flexibility index (Phi) is 4.27. The van der Waals surface area contributed by atoms with Crippen LogP contribution in [0.25, 0.3) is 0 Å². The van der Waals surface area contributed by atoms with Gasteiger partial charge in [0.15, 0.2) is 0 Å². The van der Waals surface area contributed by atoms with Gasteiger partial charge in [0, 0.05) is 31.9 Å². The fraction of sp³-hybridized carbons (Fsp3) is 0.294. The van der Waals surface area contributed by atoms with Gasteiger partial charge >= 0.3 is 5.97 Å². The van der Waals surface area contributed by atoms with Crippen LogP contribution in [0.3, 0.4) is 0 Å². The summed E-state index contributed by atoms with van der Waals surface area (Å²) in [5.74, 6) is 0.325. The van der Waals surface area contributed by atoms with Crippen molar-refractivity contribution in [2.75, 3.05) is 13.1 Å². The average Bonchev–Trinajstić information content (AvgIpc) is 2.93. The number of hydrogen-bond donors (Lipinski definition) is 2. The van der Waals surface area contributed by atoms with E-state index in [0.29, 0.717) is 31.9 Å². The van der Waals surface area contributed by atoms with E-state index in [9.17, 15) is 4.79 Å². The van der Waals surface area contributed by atoms with Gasteiger partial charge in [0.05, 0.1) is 0 Å². The molecule has 1 aromatic heterocycles. The van der Waals surface area contributed by atoms with E-state index >= 15 is 0 Å². The maximum absolute atomic E-state index is 11.2. The molecule has 1 aliphatic rings. The van der Waals surface area contributed by atoms with Crippen LogP contribution in [-0.2, 0) is 11.3 Å². The number of likely N-dealkylation sites (tertiary alicyclic amines) is 1. The summed E-state index contributed by atoms with van der Waals surface area (Å²) in [5.41, 5.74) is 5.74. The Morgan fingerprint density at radius 3 is 2.70 bits per heavy atom. The Balaban J connectivity index is 1.59. The number of nitrogens with two attached hydrogens (primary N) is 1. The first-order valence-corrected chi connectivity index (χ1v) is 7.48. The average molecular weight is 313 g/mol. The molecule has 1 unspecified atom stereocenters. The molecule has 3 N–H and O–H groups in total. The lowest BCUT2D eigenvalue weighted by molar-refractivity contribution is -0.142. The molecule has 1 fully saturated rings. The largest absolute Gasteiger partial charge is 0.480 e. The summed E-state index contributed by atoms with van der Waals surface area (Å²) in [4.78, 5) is 17.5. The molecule has 0 saturated carbocycles. The smallest absolute Gasteiger partial charge is 0.325 e. The van der Waals surface area contributed by atoms with Crippen LogP contribution >= 0.6 is 0 Å². The van der Waals surface area contributed by atoms with Gasteiger partial charge in [-0.05, 0) is 24.1 Å². The number of hydrogen-bond acceptors (Lipinski definition) is 5. The van der Waals surface area contributed by atoms with E-state index < -0.39 is 11.5 Å². The molecule has 1 aliphatic heterocycles. The standard InChI is InChI=1S/C17H19N3O3/c18-17(16(21)22)8-9-20(12-17)11-13-6-7-15(19-10-13)23-14-4-2-1-3-5-14/h1-7,10H,8-9,11-12,18H2,(H,21,22). The highest BCUT2D eigenvalue weighted by atomic mass is 16.5. The maximum atomic E-state index is 11.2. The minimum Gasteiger partial charge on any atom is -0.480 e. The number of benzene rings is 1. The molecule has 1 aromatic carbocycles. The number of pyridine rings is 1. The van der Waals surface area contributed by atoms with Crippen molar-refractivity contribution in [1.82, 2.24) is 9.88 Å². The summed E-state index contributed by atoms with van der Waals surface area (Å²) < 4.78 is 5.65. The molecule has 0 bridgehead atoms. The van der Waals surface area contributed by atoms with E-state index in [-0.39, 0.29) is 0 Å². The first kappa shape index (κ1) is 15.5. The maximum Gasteiger partial charge on any atom is 0.325 e. The second-order valence-electron chi connectivity index (χ2n) is 5.84. The van der Waals surface area contributed by atoms with E-state index in [1.165, 1.54) is 0 Å². The van der Waals surface area contributed by atoms with Gasteiger partial charge in [-0.2, -0.15) is 0 Å². The van der Waals surface area contributed by atoms with E-state index in [1.54, 1.807) is 6.20 Å².